The van der Waals surface area contributed by atoms with Gasteiger partial charge in [0.15, 0.2) is 0 Å². The van der Waals surface area contributed by atoms with E-state index in [2.05, 4.69) is 48.8 Å². The first kappa shape index (κ1) is 24.0. The smallest absolute Gasteiger partial charge is 0.305 e. The number of fused-ring (bicyclic) bond motifs is 1. The second kappa shape index (κ2) is 10.3. The van der Waals surface area contributed by atoms with Crippen molar-refractivity contribution < 1.29 is 23.9 Å². The lowest BCUT2D eigenvalue weighted by atomic mass is 9.87. The normalized spacial score (nSPS) is 13.3. The fourth-order valence-electron chi connectivity index (χ4n) is 3.40. The third kappa shape index (κ3) is 5.97. The van der Waals surface area contributed by atoms with Gasteiger partial charge in [-0.05, 0) is 54.2 Å². The molecule has 0 spiro atoms. The molecule has 0 aliphatic carbocycles. The summed E-state index contributed by atoms with van der Waals surface area (Å²) in [6.07, 6.45) is 1.20. The van der Waals surface area contributed by atoms with Crippen LogP contribution in [0.4, 0.5) is 0 Å². The Balaban J connectivity index is 1.31. The standard InChI is InChI=1S/C25H28BrNO5/c1-25(2,3)17-7-10-19(11-8-17)31-14-4-6-22(28)32-15-5-13-27-23(29)20-12-9-18(26)16-21(20)24(27)30/h7-12,16H,4-6,13-15H2,1-3H3. The Morgan fingerprint density at radius 2 is 1.62 bits per heavy atom. The molecule has 2 amide bonds. The summed E-state index contributed by atoms with van der Waals surface area (Å²) in [5.41, 5.74) is 2.14. The highest BCUT2D eigenvalue weighted by molar-refractivity contribution is 9.10. The van der Waals surface area contributed by atoms with E-state index < -0.39 is 0 Å². The van der Waals surface area contributed by atoms with E-state index in [0.717, 1.165) is 10.2 Å². The monoisotopic (exact) mass is 501 g/mol. The molecule has 32 heavy (non-hydrogen) atoms. The molecule has 0 fully saturated rings. The van der Waals surface area contributed by atoms with E-state index in [1.165, 1.54) is 10.5 Å². The number of imide groups is 1. The van der Waals surface area contributed by atoms with Gasteiger partial charge in [-0.1, -0.05) is 48.8 Å². The zero-order valence-electron chi connectivity index (χ0n) is 18.7. The molecule has 1 aliphatic heterocycles. The van der Waals surface area contributed by atoms with Crippen molar-refractivity contribution in [1.29, 1.82) is 0 Å². The van der Waals surface area contributed by atoms with Gasteiger partial charge >= 0.3 is 5.97 Å². The summed E-state index contributed by atoms with van der Waals surface area (Å²) in [4.78, 5) is 37.9. The molecule has 0 saturated carbocycles. The molecule has 0 aromatic heterocycles. The molecule has 0 bridgehead atoms. The maximum absolute atomic E-state index is 12.4. The quantitative estimate of drug-likeness (QED) is 0.270. The molecule has 2 aromatic carbocycles. The second-order valence-corrected chi connectivity index (χ2v) is 9.67. The minimum Gasteiger partial charge on any atom is -0.494 e. The number of esters is 1. The average molecular weight is 502 g/mol. The van der Waals surface area contributed by atoms with Gasteiger partial charge < -0.3 is 9.47 Å². The van der Waals surface area contributed by atoms with Crippen LogP contribution in [-0.4, -0.2) is 42.4 Å². The number of carbonyl (C=O) groups is 3. The number of amides is 2. The first-order valence-electron chi connectivity index (χ1n) is 10.7. The molecular weight excluding hydrogens is 474 g/mol. The van der Waals surface area contributed by atoms with E-state index in [1.807, 2.05) is 12.1 Å². The highest BCUT2D eigenvalue weighted by Crippen LogP contribution is 2.26. The topological polar surface area (TPSA) is 72.9 Å². The lowest BCUT2D eigenvalue weighted by Crippen LogP contribution is -2.31. The Kier molecular flexibility index (Phi) is 7.72. The number of carbonyl (C=O) groups excluding carboxylic acids is 3. The van der Waals surface area contributed by atoms with E-state index >= 15 is 0 Å². The molecule has 1 heterocycles. The van der Waals surface area contributed by atoms with Gasteiger partial charge in [-0.2, -0.15) is 0 Å². The summed E-state index contributed by atoms with van der Waals surface area (Å²) < 4.78 is 11.7. The Morgan fingerprint density at radius 3 is 2.31 bits per heavy atom. The third-order valence-corrected chi connectivity index (χ3v) is 5.73. The van der Waals surface area contributed by atoms with Gasteiger partial charge in [0.1, 0.15) is 5.75 Å². The third-order valence-electron chi connectivity index (χ3n) is 5.24. The molecule has 0 atom stereocenters. The molecule has 0 N–H and O–H groups in total. The fourth-order valence-corrected chi connectivity index (χ4v) is 3.77. The number of nitrogens with zero attached hydrogens (tertiary/aromatic N) is 1. The molecular formula is C25H28BrNO5. The fraction of sp³-hybridized carbons (Fsp3) is 0.400. The highest BCUT2D eigenvalue weighted by atomic mass is 79.9. The summed E-state index contributed by atoms with van der Waals surface area (Å²) >= 11 is 3.31. The summed E-state index contributed by atoms with van der Waals surface area (Å²) in [6.45, 7) is 7.28. The molecule has 7 heteroatoms. The highest BCUT2D eigenvalue weighted by Gasteiger charge is 2.35. The van der Waals surface area contributed by atoms with Crippen LogP contribution in [0.15, 0.2) is 46.9 Å². The van der Waals surface area contributed by atoms with Crippen LogP contribution in [-0.2, 0) is 14.9 Å². The van der Waals surface area contributed by atoms with E-state index in [0.29, 0.717) is 30.6 Å². The first-order chi connectivity index (χ1) is 15.2. The first-order valence-corrected chi connectivity index (χ1v) is 11.5. The molecule has 6 nitrogen and oxygen atoms in total. The van der Waals surface area contributed by atoms with Crippen molar-refractivity contribution in [3.63, 3.8) is 0 Å². The van der Waals surface area contributed by atoms with Crippen molar-refractivity contribution in [3.8, 4) is 5.75 Å². The van der Waals surface area contributed by atoms with E-state index in [1.54, 1.807) is 18.2 Å². The number of hydrogen-bond acceptors (Lipinski definition) is 5. The van der Waals surface area contributed by atoms with Crippen LogP contribution < -0.4 is 4.74 Å². The Labute approximate surface area is 197 Å². The summed E-state index contributed by atoms with van der Waals surface area (Å²) in [6, 6.07) is 13.0. The van der Waals surface area contributed by atoms with Crippen LogP contribution in [0.5, 0.6) is 5.75 Å². The summed E-state index contributed by atoms with van der Waals surface area (Å²) in [7, 11) is 0. The van der Waals surface area contributed by atoms with Gasteiger partial charge in [0.05, 0.1) is 24.3 Å². The zero-order chi connectivity index (χ0) is 23.3. The number of hydrogen-bond donors (Lipinski definition) is 0. The van der Waals surface area contributed by atoms with Crippen molar-refractivity contribution >= 4 is 33.7 Å². The van der Waals surface area contributed by atoms with Crippen LogP contribution in [0.2, 0.25) is 0 Å². The molecule has 0 saturated heterocycles. The van der Waals surface area contributed by atoms with E-state index in [4.69, 9.17) is 9.47 Å². The number of ether oxygens (including phenoxy) is 2. The van der Waals surface area contributed by atoms with Crippen LogP contribution in [0, 0.1) is 0 Å². The van der Waals surface area contributed by atoms with Gasteiger partial charge in [-0.25, -0.2) is 0 Å². The second-order valence-electron chi connectivity index (χ2n) is 8.75. The average Bonchev–Trinajstić information content (AvgIpc) is 2.98. The molecule has 0 radical (unpaired) electrons. The van der Waals surface area contributed by atoms with Crippen LogP contribution in [0.25, 0.3) is 0 Å². The Morgan fingerprint density at radius 1 is 0.938 bits per heavy atom. The maximum atomic E-state index is 12.4. The lowest BCUT2D eigenvalue weighted by Gasteiger charge is -2.19. The summed E-state index contributed by atoms with van der Waals surface area (Å²) in [5, 5.41) is 0. The van der Waals surface area contributed by atoms with Gasteiger partial charge in [0, 0.05) is 17.4 Å². The van der Waals surface area contributed by atoms with Crippen molar-refractivity contribution in [1.82, 2.24) is 4.90 Å². The summed E-state index contributed by atoms with van der Waals surface area (Å²) in [5.74, 6) is -0.163. The minimum absolute atomic E-state index is 0.0960. The van der Waals surface area contributed by atoms with E-state index in [9.17, 15) is 14.4 Å². The predicted octanol–water partition coefficient (Wildman–Crippen LogP) is 5.14. The zero-order valence-corrected chi connectivity index (χ0v) is 20.2. The molecule has 3 rings (SSSR count). The van der Waals surface area contributed by atoms with Crippen LogP contribution in [0.3, 0.4) is 0 Å². The van der Waals surface area contributed by atoms with Gasteiger partial charge in [-0.15, -0.1) is 0 Å². The molecule has 0 unspecified atom stereocenters. The molecule has 1 aliphatic rings. The van der Waals surface area contributed by atoms with Gasteiger partial charge in [-0.3, -0.25) is 19.3 Å². The molecule has 2 aromatic rings. The molecule has 170 valence electrons. The van der Waals surface area contributed by atoms with Crippen molar-refractivity contribution in [2.45, 2.75) is 45.4 Å². The van der Waals surface area contributed by atoms with Crippen molar-refractivity contribution in [3.05, 3.63) is 63.6 Å². The van der Waals surface area contributed by atoms with E-state index in [-0.39, 0.29) is 42.8 Å². The van der Waals surface area contributed by atoms with Gasteiger partial charge in [0.25, 0.3) is 11.8 Å². The SMILES string of the molecule is CC(C)(C)c1ccc(OCCCC(=O)OCCCN2C(=O)c3ccc(Br)cc3C2=O)cc1. The van der Waals surface area contributed by atoms with Crippen molar-refractivity contribution in [2.24, 2.45) is 0 Å². The predicted molar refractivity (Wildman–Crippen MR) is 125 cm³/mol. The van der Waals surface area contributed by atoms with Crippen LogP contribution >= 0.6 is 15.9 Å². The maximum Gasteiger partial charge on any atom is 0.305 e. The minimum atomic E-state index is -0.317. The van der Waals surface area contributed by atoms with Crippen LogP contribution in [0.1, 0.15) is 66.3 Å². The van der Waals surface area contributed by atoms with Gasteiger partial charge in [0.2, 0.25) is 0 Å². The van der Waals surface area contributed by atoms with Crippen molar-refractivity contribution in [2.75, 3.05) is 19.8 Å². The number of benzene rings is 2. The Hall–Kier alpha value is -2.67. The Bertz CT molecular complexity index is 994. The largest absolute Gasteiger partial charge is 0.494 e. The number of halogens is 1. The number of rotatable bonds is 9. The lowest BCUT2D eigenvalue weighted by molar-refractivity contribution is -0.144.